The minimum atomic E-state index is -1.02. The molecule has 0 spiro atoms. The van der Waals surface area contributed by atoms with Crippen molar-refractivity contribution in [3.63, 3.8) is 0 Å². The molecule has 1 aromatic heterocycles. The largest absolute Gasteiger partial charge is 0.508 e. The van der Waals surface area contributed by atoms with Gasteiger partial charge < -0.3 is 9.84 Å². The Morgan fingerprint density at radius 1 is 1.04 bits per heavy atom. The lowest BCUT2D eigenvalue weighted by atomic mass is 9.81. The number of aromatic nitrogens is 1. The maximum atomic E-state index is 13.0. The van der Waals surface area contributed by atoms with Crippen molar-refractivity contribution in [3.8, 4) is 11.1 Å². The van der Waals surface area contributed by atoms with Gasteiger partial charge in [-0.25, -0.2) is 4.98 Å². The van der Waals surface area contributed by atoms with Crippen LogP contribution in [0.15, 0.2) is 42.3 Å². The molecule has 5 heteroatoms. The maximum absolute atomic E-state index is 13.0. The van der Waals surface area contributed by atoms with Crippen molar-refractivity contribution in [2.75, 3.05) is 0 Å². The quantitative estimate of drug-likeness (QED) is 0.743. The van der Waals surface area contributed by atoms with E-state index in [1.54, 1.807) is 40.0 Å². The number of pyridine rings is 1. The molecule has 0 atom stereocenters. The molecular formula is C21H22ClNO3. The summed E-state index contributed by atoms with van der Waals surface area (Å²) in [4.78, 5) is 17.1. The summed E-state index contributed by atoms with van der Waals surface area (Å²) in [7, 11) is 0. The van der Waals surface area contributed by atoms with Crippen LogP contribution in [0.2, 0.25) is 5.15 Å². The monoisotopic (exact) mass is 371 g/mol. The van der Waals surface area contributed by atoms with Crippen LogP contribution in [-0.2, 0) is 9.53 Å². The van der Waals surface area contributed by atoms with E-state index in [4.69, 9.17) is 16.3 Å². The zero-order chi connectivity index (χ0) is 19.3. The Bertz CT molecular complexity index is 911. The number of benzene rings is 1. The first-order chi connectivity index (χ1) is 12.0. The number of carbonyl (C=O) groups excluding carboxylic acids is 1. The molecule has 0 saturated heterocycles. The Balaban J connectivity index is 2.21. The molecule has 0 unspecified atom stereocenters. The van der Waals surface area contributed by atoms with Gasteiger partial charge in [0.1, 0.15) is 22.1 Å². The van der Waals surface area contributed by atoms with Crippen LogP contribution in [0.4, 0.5) is 0 Å². The Labute approximate surface area is 158 Å². The van der Waals surface area contributed by atoms with Gasteiger partial charge in [-0.15, -0.1) is 0 Å². The highest BCUT2D eigenvalue weighted by atomic mass is 35.5. The van der Waals surface area contributed by atoms with Gasteiger partial charge in [-0.05, 0) is 69.5 Å². The molecule has 0 saturated carbocycles. The molecule has 2 aromatic rings. The Kier molecular flexibility index (Phi) is 4.45. The van der Waals surface area contributed by atoms with Crippen LogP contribution in [0.3, 0.4) is 0 Å². The summed E-state index contributed by atoms with van der Waals surface area (Å²) in [5.41, 5.74) is 1.72. The molecule has 0 fully saturated rings. The lowest BCUT2D eigenvalue weighted by Gasteiger charge is -2.40. The summed E-state index contributed by atoms with van der Waals surface area (Å²) < 4.78 is 5.82. The second-order valence-electron chi connectivity index (χ2n) is 7.57. The number of halogens is 1. The lowest BCUT2D eigenvalue weighted by Crippen LogP contribution is -2.49. The molecular weight excluding hydrogens is 350 g/mol. The fourth-order valence-corrected chi connectivity index (χ4v) is 3.42. The minimum absolute atomic E-state index is 0.0451. The van der Waals surface area contributed by atoms with Crippen LogP contribution in [-0.4, -0.2) is 27.1 Å². The van der Waals surface area contributed by atoms with E-state index in [-0.39, 0.29) is 11.5 Å². The van der Waals surface area contributed by atoms with Gasteiger partial charge in [-0.1, -0.05) is 23.7 Å². The average molecular weight is 372 g/mol. The van der Waals surface area contributed by atoms with E-state index in [0.717, 1.165) is 16.7 Å². The second kappa shape index (κ2) is 6.22. The van der Waals surface area contributed by atoms with E-state index in [2.05, 4.69) is 4.98 Å². The number of nitrogens with zero attached hydrogens (tertiary/aromatic N) is 1. The van der Waals surface area contributed by atoms with Gasteiger partial charge in [0.2, 0.25) is 0 Å². The van der Waals surface area contributed by atoms with Gasteiger partial charge >= 0.3 is 0 Å². The number of ether oxygens (including phenoxy) is 1. The standard InChI is InChI=1S/C21H22ClNO3/c1-12-6-7-13(14-8-9-16(22)23-11-14)10-15(12)17-18(24)20(2,3)26-21(4,5)19(17)25/h6-11,24H,1-5H3. The van der Waals surface area contributed by atoms with Crippen LogP contribution in [0, 0.1) is 6.92 Å². The Morgan fingerprint density at radius 3 is 2.31 bits per heavy atom. The second-order valence-corrected chi connectivity index (χ2v) is 7.96. The first-order valence-electron chi connectivity index (χ1n) is 8.44. The van der Waals surface area contributed by atoms with E-state index in [0.29, 0.717) is 16.3 Å². The highest BCUT2D eigenvalue weighted by molar-refractivity contribution is 6.29. The van der Waals surface area contributed by atoms with Crippen molar-refractivity contribution in [2.24, 2.45) is 0 Å². The topological polar surface area (TPSA) is 59.4 Å². The average Bonchev–Trinajstić information content (AvgIpc) is 2.55. The molecule has 26 heavy (non-hydrogen) atoms. The predicted molar refractivity (Wildman–Crippen MR) is 103 cm³/mol. The van der Waals surface area contributed by atoms with Crippen LogP contribution < -0.4 is 0 Å². The predicted octanol–water partition coefficient (Wildman–Crippen LogP) is 5.14. The third-order valence-electron chi connectivity index (χ3n) is 4.66. The molecule has 3 rings (SSSR count). The van der Waals surface area contributed by atoms with Gasteiger partial charge in [0.05, 0.1) is 5.57 Å². The normalized spacial score (nSPS) is 18.9. The first-order valence-corrected chi connectivity index (χ1v) is 8.82. The number of Topliss-reactive ketones (excluding diaryl/α,β-unsaturated/α-hetero) is 1. The highest BCUT2D eigenvalue weighted by Gasteiger charge is 2.47. The SMILES string of the molecule is Cc1ccc(-c2ccc(Cl)nc2)cc1C1=C(O)C(C)(C)OC(C)(C)C1=O. The highest BCUT2D eigenvalue weighted by Crippen LogP contribution is 2.41. The van der Waals surface area contributed by atoms with Gasteiger partial charge in [-0.2, -0.15) is 0 Å². The van der Waals surface area contributed by atoms with Crippen molar-refractivity contribution in [1.29, 1.82) is 0 Å². The van der Waals surface area contributed by atoms with Crippen LogP contribution in [0.25, 0.3) is 16.7 Å². The van der Waals surface area contributed by atoms with Crippen LogP contribution >= 0.6 is 11.6 Å². The summed E-state index contributed by atoms with van der Waals surface area (Å²) in [5, 5.41) is 11.2. The third-order valence-corrected chi connectivity index (χ3v) is 4.88. The summed E-state index contributed by atoms with van der Waals surface area (Å²) in [6, 6.07) is 9.39. The summed E-state index contributed by atoms with van der Waals surface area (Å²) in [6.07, 6.45) is 1.69. The number of aryl methyl sites for hydroxylation is 1. The molecule has 0 bridgehead atoms. The molecule has 2 heterocycles. The smallest absolute Gasteiger partial charge is 0.198 e. The summed E-state index contributed by atoms with van der Waals surface area (Å²) in [5.74, 6) is -0.278. The van der Waals surface area contributed by atoms with E-state index in [1.807, 2.05) is 31.2 Å². The van der Waals surface area contributed by atoms with Crippen LogP contribution in [0.5, 0.6) is 0 Å². The minimum Gasteiger partial charge on any atom is -0.508 e. The van der Waals surface area contributed by atoms with Gasteiger partial charge in [0, 0.05) is 11.8 Å². The number of carbonyl (C=O) groups is 1. The van der Waals surface area contributed by atoms with E-state index < -0.39 is 11.2 Å². The van der Waals surface area contributed by atoms with E-state index in [9.17, 15) is 9.90 Å². The Hall–Kier alpha value is -2.17. The number of aliphatic hydroxyl groups is 1. The van der Waals surface area contributed by atoms with Crippen molar-refractivity contribution >= 4 is 23.0 Å². The van der Waals surface area contributed by atoms with E-state index >= 15 is 0 Å². The number of ketones is 1. The van der Waals surface area contributed by atoms with E-state index in [1.165, 1.54) is 0 Å². The van der Waals surface area contributed by atoms with Crippen molar-refractivity contribution < 1.29 is 14.6 Å². The van der Waals surface area contributed by atoms with Gasteiger partial charge in [0.25, 0.3) is 0 Å². The summed E-state index contributed by atoms with van der Waals surface area (Å²) >= 11 is 5.87. The molecule has 136 valence electrons. The lowest BCUT2D eigenvalue weighted by molar-refractivity contribution is -0.158. The van der Waals surface area contributed by atoms with Crippen molar-refractivity contribution in [3.05, 3.63) is 58.6 Å². The molecule has 1 aromatic carbocycles. The zero-order valence-electron chi connectivity index (χ0n) is 15.6. The molecule has 4 nitrogen and oxygen atoms in total. The van der Waals surface area contributed by atoms with Crippen LogP contribution in [0.1, 0.15) is 38.8 Å². The number of hydrogen-bond donors (Lipinski definition) is 1. The molecule has 1 N–H and O–H groups in total. The zero-order valence-corrected chi connectivity index (χ0v) is 16.3. The number of hydrogen-bond acceptors (Lipinski definition) is 4. The maximum Gasteiger partial charge on any atom is 0.198 e. The van der Waals surface area contributed by atoms with Crippen molar-refractivity contribution in [1.82, 2.24) is 4.98 Å². The molecule has 0 amide bonds. The Morgan fingerprint density at radius 2 is 1.69 bits per heavy atom. The molecule has 0 aliphatic carbocycles. The van der Waals surface area contributed by atoms with Gasteiger partial charge in [-0.3, -0.25) is 4.79 Å². The number of rotatable bonds is 2. The molecule has 1 aliphatic rings. The number of aliphatic hydroxyl groups excluding tert-OH is 1. The third kappa shape index (κ3) is 3.15. The fraction of sp³-hybridized carbons (Fsp3) is 0.333. The molecule has 0 radical (unpaired) electrons. The van der Waals surface area contributed by atoms with Crippen molar-refractivity contribution in [2.45, 2.75) is 45.8 Å². The fourth-order valence-electron chi connectivity index (χ4n) is 3.31. The molecule has 1 aliphatic heterocycles. The first kappa shape index (κ1) is 18.6. The summed E-state index contributed by atoms with van der Waals surface area (Å²) in [6.45, 7) is 8.90. The van der Waals surface area contributed by atoms with Gasteiger partial charge in [0.15, 0.2) is 5.78 Å².